The van der Waals surface area contributed by atoms with Gasteiger partial charge in [0.05, 0.1) is 12.7 Å². The van der Waals surface area contributed by atoms with E-state index < -0.39 is 0 Å². The Balaban J connectivity index is 1.56. The average Bonchev–Trinajstić information content (AvgIpc) is 3.19. The summed E-state index contributed by atoms with van der Waals surface area (Å²) in [4.78, 5) is 0. The summed E-state index contributed by atoms with van der Waals surface area (Å²) >= 11 is 3.69. The van der Waals surface area contributed by atoms with Crippen LogP contribution < -0.4 is 0 Å². The quantitative estimate of drug-likeness (QED) is 0.700. The molecule has 1 heterocycles. The summed E-state index contributed by atoms with van der Waals surface area (Å²) in [7, 11) is 0. The van der Waals surface area contributed by atoms with Crippen molar-refractivity contribution in [1.82, 2.24) is 0 Å². The minimum Gasteiger partial charge on any atom is -0.380 e. The number of ether oxygens (including phenoxy) is 2. The van der Waals surface area contributed by atoms with Gasteiger partial charge in [0.2, 0.25) is 0 Å². The number of hydrogen-bond donors (Lipinski definition) is 0. The highest BCUT2D eigenvalue weighted by Crippen LogP contribution is 2.49. The van der Waals surface area contributed by atoms with Gasteiger partial charge in [0.15, 0.2) is 0 Å². The monoisotopic (exact) mass is 288 g/mol. The molecule has 3 fully saturated rings. The van der Waals surface area contributed by atoms with Crippen LogP contribution in [0.15, 0.2) is 0 Å². The van der Waals surface area contributed by atoms with Gasteiger partial charge in [-0.3, -0.25) is 0 Å². The predicted octanol–water partition coefficient (Wildman–Crippen LogP) is 2.99. The third kappa shape index (κ3) is 2.32. The third-order valence-electron chi connectivity index (χ3n) is 4.26. The lowest BCUT2D eigenvalue weighted by Gasteiger charge is -2.32. The maximum Gasteiger partial charge on any atom is 0.0690 e. The molecule has 2 unspecified atom stereocenters. The Morgan fingerprint density at radius 2 is 2.06 bits per heavy atom. The maximum absolute atomic E-state index is 5.95. The third-order valence-corrected chi connectivity index (χ3v) is 5.37. The second-order valence-electron chi connectivity index (χ2n) is 5.83. The van der Waals surface area contributed by atoms with Crippen LogP contribution in [-0.4, -0.2) is 31.3 Å². The van der Waals surface area contributed by atoms with Crippen molar-refractivity contribution in [1.29, 1.82) is 0 Å². The molecule has 0 radical (unpaired) electrons. The molecule has 2 nitrogen and oxygen atoms in total. The summed E-state index contributed by atoms with van der Waals surface area (Å²) in [6.45, 7) is 2.81. The van der Waals surface area contributed by atoms with E-state index in [2.05, 4.69) is 15.9 Å². The molecule has 0 aromatic heterocycles. The van der Waals surface area contributed by atoms with Crippen LogP contribution in [0.3, 0.4) is 0 Å². The van der Waals surface area contributed by atoms with Gasteiger partial charge in [-0.2, -0.15) is 0 Å². The number of alkyl halides is 1. The zero-order valence-corrected chi connectivity index (χ0v) is 11.4. The first-order valence-electron chi connectivity index (χ1n) is 6.59. The first kappa shape index (κ1) is 11.5. The molecule has 2 atom stereocenters. The zero-order valence-electron chi connectivity index (χ0n) is 9.79. The van der Waals surface area contributed by atoms with Crippen molar-refractivity contribution in [3.05, 3.63) is 0 Å². The Morgan fingerprint density at radius 1 is 1.25 bits per heavy atom. The Kier molecular flexibility index (Phi) is 3.29. The molecule has 3 heteroatoms. The molecule has 3 rings (SSSR count). The molecule has 0 N–H and O–H groups in total. The maximum atomic E-state index is 5.95. The van der Waals surface area contributed by atoms with Gasteiger partial charge >= 0.3 is 0 Å². The SMILES string of the molecule is BrCC1(COCC2CC2)CCOC1C1CC1. The Hall–Kier alpha value is 0.400. The highest BCUT2D eigenvalue weighted by Gasteiger charge is 2.50. The van der Waals surface area contributed by atoms with Gasteiger partial charge in [-0.15, -0.1) is 0 Å². The fourth-order valence-corrected chi connectivity index (χ4v) is 3.55. The molecule has 0 aromatic carbocycles. The van der Waals surface area contributed by atoms with Crippen LogP contribution in [-0.2, 0) is 9.47 Å². The van der Waals surface area contributed by atoms with Crippen molar-refractivity contribution in [2.24, 2.45) is 17.3 Å². The molecule has 3 aliphatic rings. The second kappa shape index (κ2) is 4.58. The summed E-state index contributed by atoms with van der Waals surface area (Å²) in [5.74, 6) is 1.69. The molecule has 0 bridgehead atoms. The van der Waals surface area contributed by atoms with Crippen molar-refractivity contribution in [3.63, 3.8) is 0 Å². The molecule has 92 valence electrons. The van der Waals surface area contributed by atoms with E-state index in [0.717, 1.165) is 37.0 Å². The topological polar surface area (TPSA) is 18.5 Å². The highest BCUT2D eigenvalue weighted by molar-refractivity contribution is 9.09. The van der Waals surface area contributed by atoms with E-state index in [4.69, 9.17) is 9.47 Å². The van der Waals surface area contributed by atoms with Crippen LogP contribution in [0.2, 0.25) is 0 Å². The highest BCUT2D eigenvalue weighted by atomic mass is 79.9. The lowest BCUT2D eigenvalue weighted by Crippen LogP contribution is -2.39. The van der Waals surface area contributed by atoms with Gasteiger partial charge in [0, 0.05) is 24.0 Å². The van der Waals surface area contributed by atoms with E-state index in [-0.39, 0.29) is 5.41 Å². The van der Waals surface area contributed by atoms with Crippen LogP contribution in [0.25, 0.3) is 0 Å². The van der Waals surface area contributed by atoms with Crippen LogP contribution in [0, 0.1) is 17.3 Å². The summed E-state index contributed by atoms with van der Waals surface area (Å²) < 4.78 is 11.9. The van der Waals surface area contributed by atoms with Crippen molar-refractivity contribution >= 4 is 15.9 Å². The van der Waals surface area contributed by atoms with Gasteiger partial charge in [0.1, 0.15) is 0 Å². The standard InChI is InChI=1S/C13H21BrO2/c14-8-13(9-15-7-10-1-2-10)5-6-16-12(13)11-3-4-11/h10-12H,1-9H2. The van der Waals surface area contributed by atoms with Crippen LogP contribution in [0.5, 0.6) is 0 Å². The Morgan fingerprint density at radius 3 is 2.69 bits per heavy atom. The van der Waals surface area contributed by atoms with Crippen molar-refractivity contribution in [2.75, 3.05) is 25.2 Å². The number of halogens is 1. The average molecular weight is 289 g/mol. The minimum absolute atomic E-state index is 0.274. The fourth-order valence-electron chi connectivity index (χ4n) is 2.79. The second-order valence-corrected chi connectivity index (χ2v) is 6.39. The molecule has 2 aliphatic carbocycles. The Labute approximate surface area is 106 Å². The summed E-state index contributed by atoms with van der Waals surface area (Å²) in [6.07, 6.45) is 7.12. The molecular formula is C13H21BrO2. The van der Waals surface area contributed by atoms with Gasteiger partial charge in [-0.1, -0.05) is 15.9 Å². The molecule has 0 amide bonds. The molecule has 2 saturated carbocycles. The minimum atomic E-state index is 0.274. The molecule has 1 saturated heterocycles. The van der Waals surface area contributed by atoms with Crippen LogP contribution in [0.4, 0.5) is 0 Å². The van der Waals surface area contributed by atoms with E-state index in [1.165, 1.54) is 32.1 Å². The van der Waals surface area contributed by atoms with E-state index in [1.807, 2.05) is 0 Å². The molecule has 0 aromatic rings. The Bertz CT molecular complexity index is 250. The first-order valence-corrected chi connectivity index (χ1v) is 7.71. The number of hydrogen-bond acceptors (Lipinski definition) is 2. The van der Waals surface area contributed by atoms with E-state index >= 15 is 0 Å². The summed E-state index contributed by atoms with van der Waals surface area (Å²) in [5.41, 5.74) is 0.274. The zero-order chi connectivity index (χ0) is 11.0. The van der Waals surface area contributed by atoms with E-state index in [1.54, 1.807) is 0 Å². The summed E-state index contributed by atoms with van der Waals surface area (Å²) in [5, 5.41) is 1.03. The molecule has 1 aliphatic heterocycles. The lowest BCUT2D eigenvalue weighted by molar-refractivity contribution is -0.0154. The van der Waals surface area contributed by atoms with Crippen molar-refractivity contribution in [2.45, 2.75) is 38.2 Å². The molecule has 16 heavy (non-hydrogen) atoms. The van der Waals surface area contributed by atoms with Gasteiger partial charge in [0.25, 0.3) is 0 Å². The van der Waals surface area contributed by atoms with Crippen LogP contribution >= 0.6 is 15.9 Å². The number of rotatable bonds is 6. The van der Waals surface area contributed by atoms with Crippen molar-refractivity contribution in [3.8, 4) is 0 Å². The smallest absolute Gasteiger partial charge is 0.0690 e. The first-order chi connectivity index (χ1) is 7.84. The fraction of sp³-hybridized carbons (Fsp3) is 1.00. The van der Waals surface area contributed by atoms with Crippen LogP contribution in [0.1, 0.15) is 32.1 Å². The lowest BCUT2D eigenvalue weighted by atomic mass is 9.82. The molecule has 0 spiro atoms. The van der Waals surface area contributed by atoms with Gasteiger partial charge in [-0.25, -0.2) is 0 Å². The normalized spacial score (nSPS) is 39.2. The predicted molar refractivity (Wildman–Crippen MR) is 66.9 cm³/mol. The van der Waals surface area contributed by atoms with Gasteiger partial charge in [-0.05, 0) is 43.9 Å². The molecular weight excluding hydrogens is 268 g/mol. The van der Waals surface area contributed by atoms with E-state index in [0.29, 0.717) is 6.10 Å². The van der Waals surface area contributed by atoms with Gasteiger partial charge < -0.3 is 9.47 Å². The largest absolute Gasteiger partial charge is 0.380 e. The van der Waals surface area contributed by atoms with E-state index in [9.17, 15) is 0 Å². The summed E-state index contributed by atoms with van der Waals surface area (Å²) in [6, 6.07) is 0. The van der Waals surface area contributed by atoms with Crippen molar-refractivity contribution < 1.29 is 9.47 Å².